The molecule has 0 radical (unpaired) electrons. The fourth-order valence-corrected chi connectivity index (χ4v) is 3.71. The van der Waals surface area contributed by atoms with E-state index in [1.807, 2.05) is 28.9 Å². The van der Waals surface area contributed by atoms with E-state index in [2.05, 4.69) is 5.32 Å². The van der Waals surface area contributed by atoms with Gasteiger partial charge in [0.05, 0.1) is 24.9 Å². The number of halogens is 2. The summed E-state index contributed by atoms with van der Waals surface area (Å²) in [5.74, 6) is 2.43. The molecule has 5 nitrogen and oxygen atoms in total. The predicted molar refractivity (Wildman–Crippen MR) is 104 cm³/mol. The Morgan fingerprint density at radius 3 is 2.65 bits per heavy atom. The first-order chi connectivity index (χ1) is 12.6. The Morgan fingerprint density at radius 2 is 1.92 bits per heavy atom. The van der Waals surface area contributed by atoms with Gasteiger partial charge in [-0.25, -0.2) is 4.68 Å². The minimum absolute atomic E-state index is 0.542. The highest BCUT2D eigenvalue weighted by Crippen LogP contribution is 2.41. The highest BCUT2D eigenvalue weighted by Gasteiger charge is 2.26. The van der Waals surface area contributed by atoms with Crippen molar-refractivity contribution in [1.82, 2.24) is 9.78 Å². The van der Waals surface area contributed by atoms with Crippen LogP contribution in [0.2, 0.25) is 10.0 Å². The first kappa shape index (κ1) is 17.1. The van der Waals surface area contributed by atoms with Crippen LogP contribution in [0.25, 0.3) is 16.9 Å². The normalized spacial score (nSPS) is 12.6. The zero-order valence-electron chi connectivity index (χ0n) is 14.3. The summed E-state index contributed by atoms with van der Waals surface area (Å²) in [5, 5.41) is 9.37. The van der Waals surface area contributed by atoms with Crippen LogP contribution in [0, 0.1) is 0 Å². The SMILES string of the molecule is COc1ccc(OC)c(-c2nn(-c3ccc(Cl)cc3Cl)c3c2CCN3)c1. The minimum Gasteiger partial charge on any atom is -0.497 e. The maximum Gasteiger partial charge on any atom is 0.133 e. The second-order valence-corrected chi connectivity index (χ2v) is 6.77. The third-order valence-corrected chi connectivity index (χ3v) is 4.99. The van der Waals surface area contributed by atoms with Crippen LogP contribution in [-0.2, 0) is 6.42 Å². The van der Waals surface area contributed by atoms with Gasteiger partial charge in [0.15, 0.2) is 0 Å². The molecule has 0 spiro atoms. The number of ether oxygens (including phenoxy) is 2. The van der Waals surface area contributed by atoms with Crippen molar-refractivity contribution in [3.8, 4) is 28.4 Å². The molecule has 1 aromatic heterocycles. The molecule has 0 amide bonds. The number of rotatable bonds is 4. The molecule has 0 aliphatic carbocycles. The van der Waals surface area contributed by atoms with Crippen molar-refractivity contribution in [2.24, 2.45) is 0 Å². The van der Waals surface area contributed by atoms with Crippen LogP contribution in [0.3, 0.4) is 0 Å². The van der Waals surface area contributed by atoms with E-state index < -0.39 is 0 Å². The molecule has 134 valence electrons. The van der Waals surface area contributed by atoms with Gasteiger partial charge in [0.25, 0.3) is 0 Å². The summed E-state index contributed by atoms with van der Waals surface area (Å²) in [6.45, 7) is 0.845. The van der Waals surface area contributed by atoms with E-state index in [0.717, 1.165) is 52.8 Å². The quantitative estimate of drug-likeness (QED) is 0.693. The fourth-order valence-electron chi connectivity index (χ4n) is 3.22. The second kappa shape index (κ2) is 6.74. The molecule has 0 bridgehead atoms. The molecule has 0 saturated carbocycles. The lowest BCUT2D eigenvalue weighted by Crippen LogP contribution is -2.05. The largest absolute Gasteiger partial charge is 0.497 e. The van der Waals surface area contributed by atoms with Crippen molar-refractivity contribution in [3.63, 3.8) is 0 Å². The summed E-state index contributed by atoms with van der Waals surface area (Å²) >= 11 is 12.4. The Morgan fingerprint density at radius 1 is 1.08 bits per heavy atom. The van der Waals surface area contributed by atoms with Gasteiger partial charge in [-0.05, 0) is 42.8 Å². The van der Waals surface area contributed by atoms with E-state index in [9.17, 15) is 0 Å². The van der Waals surface area contributed by atoms with Crippen LogP contribution in [0.15, 0.2) is 36.4 Å². The van der Waals surface area contributed by atoms with Gasteiger partial charge in [-0.15, -0.1) is 0 Å². The highest BCUT2D eigenvalue weighted by molar-refractivity contribution is 6.35. The van der Waals surface area contributed by atoms with E-state index in [4.69, 9.17) is 37.8 Å². The smallest absolute Gasteiger partial charge is 0.133 e. The number of fused-ring (bicyclic) bond motifs is 1. The van der Waals surface area contributed by atoms with Crippen LogP contribution in [0.1, 0.15) is 5.56 Å². The van der Waals surface area contributed by atoms with Gasteiger partial charge in [-0.2, -0.15) is 5.10 Å². The molecule has 2 aromatic carbocycles. The van der Waals surface area contributed by atoms with Crippen molar-refractivity contribution in [3.05, 3.63) is 52.0 Å². The maximum atomic E-state index is 6.41. The number of nitrogens with zero attached hydrogens (tertiary/aromatic N) is 2. The first-order valence-electron chi connectivity index (χ1n) is 8.16. The molecule has 1 aliphatic rings. The number of methoxy groups -OCH3 is 2. The van der Waals surface area contributed by atoms with Gasteiger partial charge in [-0.3, -0.25) is 0 Å². The zero-order chi connectivity index (χ0) is 18.3. The second-order valence-electron chi connectivity index (χ2n) is 5.93. The Labute approximate surface area is 161 Å². The molecule has 1 aliphatic heterocycles. The number of hydrogen-bond donors (Lipinski definition) is 1. The summed E-state index contributed by atoms with van der Waals surface area (Å²) in [6.07, 6.45) is 0.871. The Hall–Kier alpha value is -2.37. The van der Waals surface area contributed by atoms with Gasteiger partial charge < -0.3 is 14.8 Å². The van der Waals surface area contributed by atoms with Gasteiger partial charge in [0.2, 0.25) is 0 Å². The highest BCUT2D eigenvalue weighted by atomic mass is 35.5. The number of aromatic nitrogens is 2. The number of benzene rings is 2. The van der Waals surface area contributed by atoms with Crippen LogP contribution in [0.4, 0.5) is 5.82 Å². The zero-order valence-corrected chi connectivity index (χ0v) is 15.9. The third-order valence-electron chi connectivity index (χ3n) is 4.45. The number of nitrogens with one attached hydrogen (secondary N) is 1. The lowest BCUT2D eigenvalue weighted by Gasteiger charge is -2.10. The molecule has 2 heterocycles. The molecular weight excluding hydrogens is 373 g/mol. The van der Waals surface area contributed by atoms with Crippen LogP contribution < -0.4 is 14.8 Å². The summed E-state index contributed by atoms with van der Waals surface area (Å²) in [7, 11) is 3.29. The Bertz CT molecular complexity index is 985. The average molecular weight is 390 g/mol. The number of hydrogen-bond acceptors (Lipinski definition) is 4. The lowest BCUT2D eigenvalue weighted by molar-refractivity contribution is 0.404. The van der Waals surface area contributed by atoms with Crippen molar-refractivity contribution in [2.45, 2.75) is 6.42 Å². The van der Waals surface area contributed by atoms with E-state index in [1.165, 1.54) is 0 Å². The minimum atomic E-state index is 0.542. The van der Waals surface area contributed by atoms with Gasteiger partial charge in [0, 0.05) is 22.7 Å². The third kappa shape index (κ3) is 2.77. The van der Waals surface area contributed by atoms with Crippen molar-refractivity contribution < 1.29 is 9.47 Å². The van der Waals surface area contributed by atoms with Crippen molar-refractivity contribution in [1.29, 1.82) is 0 Å². The number of anilines is 1. The van der Waals surface area contributed by atoms with E-state index in [-0.39, 0.29) is 0 Å². The monoisotopic (exact) mass is 389 g/mol. The standard InChI is InChI=1S/C19H17Cl2N3O2/c1-25-12-4-6-17(26-2)14(10-12)18-13-7-8-22-19(13)24(23-18)16-5-3-11(20)9-15(16)21/h3-6,9-10,22H,7-8H2,1-2H3. The molecule has 0 saturated heterocycles. The molecule has 1 N–H and O–H groups in total. The van der Waals surface area contributed by atoms with Gasteiger partial charge in [0.1, 0.15) is 23.0 Å². The molecule has 0 unspecified atom stereocenters. The van der Waals surface area contributed by atoms with E-state index in [0.29, 0.717) is 10.0 Å². The molecule has 4 rings (SSSR count). The van der Waals surface area contributed by atoms with Crippen LogP contribution >= 0.6 is 23.2 Å². The topological polar surface area (TPSA) is 48.3 Å². The van der Waals surface area contributed by atoms with Gasteiger partial charge >= 0.3 is 0 Å². The molecule has 7 heteroatoms. The van der Waals surface area contributed by atoms with Crippen LogP contribution in [0.5, 0.6) is 11.5 Å². The molecule has 3 aromatic rings. The average Bonchev–Trinajstić information content (AvgIpc) is 3.24. The fraction of sp³-hybridized carbons (Fsp3) is 0.211. The predicted octanol–water partition coefficient (Wildman–Crippen LogP) is 4.83. The van der Waals surface area contributed by atoms with Crippen LogP contribution in [-0.4, -0.2) is 30.5 Å². The molecular formula is C19H17Cl2N3O2. The molecule has 0 atom stereocenters. The summed E-state index contributed by atoms with van der Waals surface area (Å²) in [4.78, 5) is 0. The lowest BCUT2D eigenvalue weighted by atomic mass is 10.1. The summed E-state index contributed by atoms with van der Waals surface area (Å²) in [6, 6.07) is 11.1. The Kier molecular flexibility index (Phi) is 4.42. The van der Waals surface area contributed by atoms with E-state index >= 15 is 0 Å². The summed E-state index contributed by atoms with van der Waals surface area (Å²) < 4.78 is 12.8. The van der Waals surface area contributed by atoms with Crippen molar-refractivity contribution >= 4 is 29.0 Å². The molecule has 0 fully saturated rings. The molecule has 26 heavy (non-hydrogen) atoms. The van der Waals surface area contributed by atoms with Crippen molar-refractivity contribution in [2.75, 3.05) is 26.1 Å². The summed E-state index contributed by atoms with van der Waals surface area (Å²) in [5.41, 5.74) is 3.64. The van der Waals surface area contributed by atoms with E-state index in [1.54, 1.807) is 26.4 Å². The maximum absolute atomic E-state index is 6.41. The Balaban J connectivity index is 1.93. The van der Waals surface area contributed by atoms with Gasteiger partial charge in [-0.1, -0.05) is 23.2 Å². The first-order valence-corrected chi connectivity index (χ1v) is 8.91.